The van der Waals surface area contributed by atoms with Crippen LogP contribution in [0.4, 0.5) is 13.2 Å². The van der Waals surface area contributed by atoms with Crippen LogP contribution in [0.15, 0.2) is 0 Å². The molecular formula is C10H18F3NO2. The van der Waals surface area contributed by atoms with Gasteiger partial charge in [-0.05, 0) is 33.6 Å². The van der Waals surface area contributed by atoms with Gasteiger partial charge in [-0.1, -0.05) is 0 Å². The number of carboxylic acid groups (broad SMARTS) is 1. The largest absolute Gasteiger partial charge is 0.480 e. The molecule has 0 heterocycles. The average Bonchev–Trinajstić information content (AvgIpc) is 1.99. The van der Waals surface area contributed by atoms with Crippen LogP contribution in [0.1, 0.15) is 40.0 Å². The number of hydrogen-bond donors (Lipinski definition) is 2. The first-order valence-corrected chi connectivity index (χ1v) is 5.15. The van der Waals surface area contributed by atoms with Crippen LogP contribution in [0.25, 0.3) is 0 Å². The monoisotopic (exact) mass is 241 g/mol. The highest BCUT2D eigenvalue weighted by molar-refractivity contribution is 5.78. The summed E-state index contributed by atoms with van der Waals surface area (Å²) in [6.07, 6.45) is -5.40. The molecule has 1 unspecified atom stereocenters. The molecule has 0 aliphatic rings. The molecule has 2 N–H and O–H groups in total. The van der Waals surface area contributed by atoms with E-state index in [1.54, 1.807) is 13.8 Å². The van der Waals surface area contributed by atoms with Crippen molar-refractivity contribution in [2.24, 2.45) is 0 Å². The average molecular weight is 241 g/mol. The van der Waals surface area contributed by atoms with Crippen molar-refractivity contribution in [3.05, 3.63) is 0 Å². The van der Waals surface area contributed by atoms with Crippen LogP contribution in [0.5, 0.6) is 0 Å². The summed E-state index contributed by atoms with van der Waals surface area (Å²) >= 11 is 0. The fourth-order valence-corrected chi connectivity index (χ4v) is 1.52. The molecule has 0 aromatic carbocycles. The van der Waals surface area contributed by atoms with E-state index in [0.717, 1.165) is 0 Å². The summed E-state index contributed by atoms with van der Waals surface area (Å²) < 4.78 is 35.8. The molecule has 6 heteroatoms. The first-order valence-electron chi connectivity index (χ1n) is 5.15. The molecule has 0 fully saturated rings. The predicted molar refractivity (Wildman–Crippen MR) is 54.2 cm³/mol. The number of halogens is 3. The van der Waals surface area contributed by atoms with Crippen LogP contribution in [-0.4, -0.2) is 28.8 Å². The SMILES string of the molecule is CC(C)NC(C)(CCCC(F)(F)F)C(=O)O. The van der Waals surface area contributed by atoms with Crippen molar-refractivity contribution >= 4 is 5.97 Å². The summed E-state index contributed by atoms with van der Waals surface area (Å²) in [5.41, 5.74) is -1.29. The molecule has 3 nitrogen and oxygen atoms in total. The summed E-state index contributed by atoms with van der Waals surface area (Å²) in [5.74, 6) is -1.12. The van der Waals surface area contributed by atoms with Crippen LogP contribution >= 0.6 is 0 Å². The van der Waals surface area contributed by atoms with Crippen molar-refractivity contribution in [2.45, 2.75) is 57.8 Å². The van der Waals surface area contributed by atoms with Gasteiger partial charge in [-0.25, -0.2) is 0 Å². The Morgan fingerprint density at radius 2 is 1.81 bits per heavy atom. The number of aliphatic carboxylic acids is 1. The van der Waals surface area contributed by atoms with Gasteiger partial charge in [-0.3, -0.25) is 10.1 Å². The standard InChI is InChI=1S/C10H18F3NO2/c1-7(2)14-9(3,8(15)16)5-4-6-10(11,12)13/h7,14H,4-6H2,1-3H3,(H,15,16). The summed E-state index contributed by atoms with van der Waals surface area (Å²) in [6.45, 7) is 4.92. The molecule has 0 aliphatic heterocycles. The normalized spacial score (nSPS) is 16.2. The van der Waals surface area contributed by atoms with E-state index in [1.165, 1.54) is 6.92 Å². The first-order chi connectivity index (χ1) is 7.07. The fourth-order valence-electron chi connectivity index (χ4n) is 1.52. The Kier molecular flexibility index (Phi) is 5.25. The Balaban J connectivity index is 4.29. The van der Waals surface area contributed by atoms with Gasteiger partial charge in [0.05, 0.1) is 0 Å². The minimum Gasteiger partial charge on any atom is -0.480 e. The molecule has 0 rings (SSSR count). The number of rotatable bonds is 6. The molecule has 0 radical (unpaired) electrons. The van der Waals surface area contributed by atoms with Gasteiger partial charge >= 0.3 is 12.1 Å². The zero-order valence-corrected chi connectivity index (χ0v) is 9.69. The summed E-state index contributed by atoms with van der Waals surface area (Å²) in [6, 6.07) is -0.0908. The van der Waals surface area contributed by atoms with Crippen LogP contribution < -0.4 is 5.32 Å². The number of carboxylic acids is 1. The molecule has 0 spiro atoms. The van der Waals surface area contributed by atoms with Crippen molar-refractivity contribution in [2.75, 3.05) is 0 Å². The Hall–Kier alpha value is -0.780. The Morgan fingerprint density at radius 1 is 1.31 bits per heavy atom. The quantitative estimate of drug-likeness (QED) is 0.751. The van der Waals surface area contributed by atoms with Gasteiger partial charge < -0.3 is 5.11 Å². The molecule has 16 heavy (non-hydrogen) atoms. The molecular weight excluding hydrogens is 223 g/mol. The van der Waals surface area contributed by atoms with E-state index >= 15 is 0 Å². The maximum Gasteiger partial charge on any atom is 0.389 e. The predicted octanol–water partition coefficient (Wildman–Crippen LogP) is 2.56. The van der Waals surface area contributed by atoms with Gasteiger partial charge in [-0.15, -0.1) is 0 Å². The molecule has 96 valence electrons. The lowest BCUT2D eigenvalue weighted by molar-refractivity contribution is -0.148. The number of nitrogens with one attached hydrogen (secondary N) is 1. The lowest BCUT2D eigenvalue weighted by Gasteiger charge is -2.28. The van der Waals surface area contributed by atoms with Gasteiger partial charge in [0.2, 0.25) is 0 Å². The van der Waals surface area contributed by atoms with Crippen LogP contribution in [0.2, 0.25) is 0 Å². The van der Waals surface area contributed by atoms with Gasteiger partial charge in [0.15, 0.2) is 0 Å². The minimum atomic E-state index is -4.22. The lowest BCUT2D eigenvalue weighted by Crippen LogP contribution is -2.52. The second-order valence-electron chi connectivity index (χ2n) is 4.41. The van der Waals surface area contributed by atoms with Crippen LogP contribution in [0, 0.1) is 0 Å². The molecule has 0 bridgehead atoms. The number of carbonyl (C=O) groups is 1. The van der Waals surface area contributed by atoms with Crippen molar-refractivity contribution in [1.29, 1.82) is 0 Å². The third kappa shape index (κ3) is 5.95. The zero-order valence-electron chi connectivity index (χ0n) is 9.69. The van der Waals surface area contributed by atoms with Crippen molar-refractivity contribution in [1.82, 2.24) is 5.32 Å². The second-order valence-corrected chi connectivity index (χ2v) is 4.41. The highest BCUT2D eigenvalue weighted by Crippen LogP contribution is 2.25. The summed E-state index contributed by atoms with van der Waals surface area (Å²) in [4.78, 5) is 11.0. The maximum atomic E-state index is 11.9. The molecule has 0 aliphatic carbocycles. The van der Waals surface area contributed by atoms with Gasteiger partial charge in [0, 0.05) is 12.5 Å². The molecule has 0 aromatic rings. The zero-order chi connectivity index (χ0) is 13.0. The highest BCUT2D eigenvalue weighted by Gasteiger charge is 2.35. The Labute approximate surface area is 93.0 Å². The van der Waals surface area contributed by atoms with Gasteiger partial charge in [-0.2, -0.15) is 13.2 Å². The minimum absolute atomic E-state index is 0.0416. The Morgan fingerprint density at radius 3 is 2.12 bits per heavy atom. The van der Waals surface area contributed by atoms with E-state index in [1.807, 2.05) is 0 Å². The molecule has 0 amide bonds. The fraction of sp³-hybridized carbons (Fsp3) is 0.900. The molecule has 0 saturated heterocycles. The third-order valence-corrected chi connectivity index (χ3v) is 2.22. The van der Waals surface area contributed by atoms with Crippen molar-refractivity contribution in [3.63, 3.8) is 0 Å². The van der Waals surface area contributed by atoms with E-state index in [0.29, 0.717) is 0 Å². The Bertz CT molecular complexity index is 241. The van der Waals surface area contributed by atoms with E-state index < -0.39 is 24.1 Å². The van der Waals surface area contributed by atoms with Gasteiger partial charge in [0.1, 0.15) is 5.54 Å². The van der Waals surface area contributed by atoms with Crippen molar-refractivity contribution < 1.29 is 23.1 Å². The van der Waals surface area contributed by atoms with Gasteiger partial charge in [0.25, 0.3) is 0 Å². The number of hydrogen-bond acceptors (Lipinski definition) is 2. The smallest absolute Gasteiger partial charge is 0.389 e. The maximum absolute atomic E-state index is 11.9. The summed E-state index contributed by atoms with van der Waals surface area (Å²) in [5, 5.41) is 11.7. The van der Waals surface area contributed by atoms with E-state index in [2.05, 4.69) is 5.32 Å². The topological polar surface area (TPSA) is 49.3 Å². The van der Waals surface area contributed by atoms with Crippen molar-refractivity contribution in [3.8, 4) is 0 Å². The second kappa shape index (κ2) is 5.52. The van der Waals surface area contributed by atoms with Crippen LogP contribution in [-0.2, 0) is 4.79 Å². The van der Waals surface area contributed by atoms with E-state index in [9.17, 15) is 18.0 Å². The highest BCUT2D eigenvalue weighted by atomic mass is 19.4. The lowest BCUT2D eigenvalue weighted by atomic mass is 9.94. The van der Waals surface area contributed by atoms with Crippen LogP contribution in [0.3, 0.4) is 0 Å². The number of alkyl halides is 3. The third-order valence-electron chi connectivity index (χ3n) is 2.22. The van der Waals surface area contributed by atoms with E-state index in [-0.39, 0.29) is 18.9 Å². The first kappa shape index (κ1) is 15.2. The molecule has 0 aromatic heterocycles. The van der Waals surface area contributed by atoms with E-state index in [4.69, 9.17) is 5.11 Å². The summed E-state index contributed by atoms with van der Waals surface area (Å²) in [7, 11) is 0. The molecule has 0 saturated carbocycles. The molecule has 1 atom stereocenters.